The number of aryl methyl sites for hydroxylation is 1. The Morgan fingerprint density at radius 3 is 2.65 bits per heavy atom. The van der Waals surface area contributed by atoms with Gasteiger partial charge in [-0.1, -0.05) is 38.1 Å². The minimum atomic E-state index is 0.204. The number of nitrogens with one attached hydrogen (secondary N) is 1. The molecule has 0 saturated heterocycles. The highest BCUT2D eigenvalue weighted by atomic mass is 16.4. The number of aromatic nitrogens is 1. The van der Waals surface area contributed by atoms with E-state index in [1.807, 2.05) is 18.2 Å². The van der Waals surface area contributed by atoms with E-state index in [9.17, 15) is 0 Å². The van der Waals surface area contributed by atoms with Gasteiger partial charge >= 0.3 is 0 Å². The fraction of sp³-hybridized carbons (Fsp3) is 0.267. The van der Waals surface area contributed by atoms with Crippen molar-refractivity contribution in [2.45, 2.75) is 26.7 Å². The lowest BCUT2D eigenvalue weighted by Crippen LogP contribution is -1.92. The molecule has 2 aromatic rings. The zero-order valence-corrected chi connectivity index (χ0v) is 11.7. The van der Waals surface area contributed by atoms with Gasteiger partial charge in [0.05, 0.1) is 6.21 Å². The van der Waals surface area contributed by atoms with Gasteiger partial charge in [0.2, 0.25) is 5.69 Å². The molecular formula is C15H16N4O. The van der Waals surface area contributed by atoms with Crippen molar-refractivity contribution in [2.75, 3.05) is 5.43 Å². The summed E-state index contributed by atoms with van der Waals surface area (Å²) < 4.78 is 5.24. The molecule has 0 bridgehead atoms. The van der Waals surface area contributed by atoms with Gasteiger partial charge in [-0.05, 0) is 17.0 Å². The molecule has 1 aromatic carbocycles. The smallest absolute Gasteiger partial charge is 0.252 e. The molecule has 1 aromatic heterocycles. The predicted molar refractivity (Wildman–Crippen MR) is 77.7 cm³/mol. The standard InChI is InChI=1S/C15H16N4O/c1-10(2)13-6-4-12(5-7-13)9-17-19-15-14(8-16)18-11(3)20-15/h4-7,9-10,19H,1-3H3. The van der Waals surface area contributed by atoms with Crippen molar-refractivity contribution in [1.29, 1.82) is 5.26 Å². The molecule has 0 saturated carbocycles. The molecule has 0 unspecified atom stereocenters. The molecule has 0 aliphatic rings. The van der Waals surface area contributed by atoms with Crippen LogP contribution in [0, 0.1) is 18.3 Å². The average Bonchev–Trinajstić information content (AvgIpc) is 2.79. The molecular weight excluding hydrogens is 252 g/mol. The fourth-order valence-electron chi connectivity index (χ4n) is 1.71. The summed E-state index contributed by atoms with van der Waals surface area (Å²) in [4.78, 5) is 3.92. The van der Waals surface area contributed by atoms with Gasteiger partial charge in [-0.25, -0.2) is 10.4 Å². The lowest BCUT2D eigenvalue weighted by molar-refractivity contribution is 0.533. The molecule has 0 amide bonds. The number of rotatable bonds is 4. The molecule has 0 spiro atoms. The van der Waals surface area contributed by atoms with Gasteiger partial charge in [0.1, 0.15) is 6.07 Å². The number of nitriles is 1. The number of oxazole rings is 1. The lowest BCUT2D eigenvalue weighted by Gasteiger charge is -2.04. The number of nitrogens with zero attached hydrogens (tertiary/aromatic N) is 3. The first kappa shape index (κ1) is 13.8. The summed E-state index contributed by atoms with van der Waals surface area (Å²) in [5.74, 6) is 1.20. The summed E-state index contributed by atoms with van der Waals surface area (Å²) in [7, 11) is 0. The van der Waals surface area contributed by atoms with Gasteiger partial charge in [0, 0.05) is 6.92 Å². The molecule has 1 heterocycles. The molecule has 0 aliphatic heterocycles. The number of anilines is 1. The maximum Gasteiger partial charge on any atom is 0.252 e. The molecule has 20 heavy (non-hydrogen) atoms. The summed E-state index contributed by atoms with van der Waals surface area (Å²) in [5.41, 5.74) is 5.15. The minimum Gasteiger partial charge on any atom is -0.422 e. The monoisotopic (exact) mass is 268 g/mol. The zero-order chi connectivity index (χ0) is 14.5. The van der Waals surface area contributed by atoms with Crippen LogP contribution in [0.1, 0.15) is 42.5 Å². The number of hydrogen-bond donors (Lipinski definition) is 1. The Bertz CT molecular complexity index is 648. The third kappa shape index (κ3) is 3.23. The summed E-state index contributed by atoms with van der Waals surface area (Å²) in [5, 5.41) is 12.9. The maximum atomic E-state index is 8.87. The fourth-order valence-corrected chi connectivity index (χ4v) is 1.71. The Labute approximate surface area is 118 Å². The Morgan fingerprint density at radius 1 is 1.35 bits per heavy atom. The van der Waals surface area contributed by atoms with Crippen molar-refractivity contribution in [3.05, 3.63) is 47.0 Å². The normalized spacial score (nSPS) is 10.9. The van der Waals surface area contributed by atoms with Crippen molar-refractivity contribution in [2.24, 2.45) is 5.10 Å². The van der Waals surface area contributed by atoms with Crippen LogP contribution in [0.3, 0.4) is 0 Å². The van der Waals surface area contributed by atoms with Crippen LogP contribution < -0.4 is 5.43 Å². The molecule has 102 valence electrons. The van der Waals surface area contributed by atoms with Crippen LogP contribution in [0.2, 0.25) is 0 Å². The largest absolute Gasteiger partial charge is 0.422 e. The molecule has 5 heteroatoms. The first-order chi connectivity index (χ1) is 9.60. The summed E-state index contributed by atoms with van der Waals surface area (Å²) >= 11 is 0. The molecule has 0 aliphatic carbocycles. The van der Waals surface area contributed by atoms with Crippen molar-refractivity contribution >= 4 is 12.1 Å². The number of hydrazone groups is 1. The van der Waals surface area contributed by atoms with Crippen LogP contribution in [0.15, 0.2) is 33.8 Å². The molecule has 0 radical (unpaired) electrons. The molecule has 0 atom stereocenters. The van der Waals surface area contributed by atoms with E-state index in [1.165, 1.54) is 5.56 Å². The Kier molecular flexibility index (Phi) is 4.16. The van der Waals surface area contributed by atoms with Crippen LogP contribution in [0.4, 0.5) is 5.88 Å². The quantitative estimate of drug-likeness (QED) is 0.681. The highest BCUT2D eigenvalue weighted by Gasteiger charge is 2.08. The summed E-state index contributed by atoms with van der Waals surface area (Å²) in [6, 6.07) is 10.1. The minimum absolute atomic E-state index is 0.204. The van der Waals surface area contributed by atoms with E-state index in [2.05, 4.69) is 41.5 Å². The van der Waals surface area contributed by atoms with E-state index >= 15 is 0 Å². The molecule has 0 fully saturated rings. The summed E-state index contributed by atoms with van der Waals surface area (Å²) in [6.45, 7) is 5.99. The average molecular weight is 268 g/mol. The molecule has 2 rings (SSSR count). The van der Waals surface area contributed by atoms with Gasteiger partial charge in [0.25, 0.3) is 5.88 Å². The highest BCUT2D eigenvalue weighted by molar-refractivity contribution is 5.80. The van der Waals surface area contributed by atoms with Crippen molar-refractivity contribution in [3.63, 3.8) is 0 Å². The second-order valence-electron chi connectivity index (χ2n) is 4.71. The van der Waals surface area contributed by atoms with Gasteiger partial charge in [-0.2, -0.15) is 10.4 Å². The van der Waals surface area contributed by atoms with Crippen LogP contribution in [0.5, 0.6) is 0 Å². The predicted octanol–water partition coefficient (Wildman–Crippen LogP) is 3.42. The van der Waals surface area contributed by atoms with E-state index in [4.69, 9.17) is 9.68 Å². The van der Waals surface area contributed by atoms with Gasteiger partial charge in [-0.3, -0.25) is 0 Å². The van der Waals surface area contributed by atoms with Gasteiger partial charge in [-0.15, -0.1) is 0 Å². The van der Waals surface area contributed by atoms with E-state index in [-0.39, 0.29) is 11.6 Å². The van der Waals surface area contributed by atoms with Crippen LogP contribution in [0.25, 0.3) is 0 Å². The Balaban J connectivity index is 2.04. The SMILES string of the molecule is Cc1nc(C#N)c(NN=Cc2ccc(C(C)C)cc2)o1. The third-order valence-corrected chi connectivity index (χ3v) is 2.82. The topological polar surface area (TPSA) is 74.2 Å². The first-order valence-corrected chi connectivity index (χ1v) is 6.36. The molecule has 1 N–H and O–H groups in total. The van der Waals surface area contributed by atoms with E-state index in [1.54, 1.807) is 13.1 Å². The number of hydrogen-bond acceptors (Lipinski definition) is 5. The van der Waals surface area contributed by atoms with E-state index in [0.29, 0.717) is 11.8 Å². The van der Waals surface area contributed by atoms with E-state index in [0.717, 1.165) is 5.56 Å². The maximum absolute atomic E-state index is 8.87. The zero-order valence-electron chi connectivity index (χ0n) is 11.7. The van der Waals surface area contributed by atoms with Crippen LogP contribution in [-0.4, -0.2) is 11.2 Å². The van der Waals surface area contributed by atoms with Crippen molar-refractivity contribution < 1.29 is 4.42 Å². The van der Waals surface area contributed by atoms with Crippen molar-refractivity contribution in [1.82, 2.24) is 4.98 Å². The molecule has 5 nitrogen and oxygen atoms in total. The van der Waals surface area contributed by atoms with Crippen LogP contribution in [-0.2, 0) is 0 Å². The van der Waals surface area contributed by atoms with E-state index < -0.39 is 0 Å². The third-order valence-electron chi connectivity index (χ3n) is 2.82. The Hall–Kier alpha value is -2.61. The summed E-state index contributed by atoms with van der Waals surface area (Å²) in [6.07, 6.45) is 1.67. The highest BCUT2D eigenvalue weighted by Crippen LogP contribution is 2.16. The van der Waals surface area contributed by atoms with Crippen molar-refractivity contribution in [3.8, 4) is 6.07 Å². The Morgan fingerprint density at radius 2 is 2.05 bits per heavy atom. The second-order valence-corrected chi connectivity index (χ2v) is 4.71. The second kappa shape index (κ2) is 6.02. The number of benzene rings is 1. The van der Waals surface area contributed by atoms with Crippen LogP contribution >= 0.6 is 0 Å². The van der Waals surface area contributed by atoms with Gasteiger partial charge < -0.3 is 4.42 Å². The lowest BCUT2D eigenvalue weighted by atomic mass is 10.0. The van der Waals surface area contributed by atoms with Gasteiger partial charge in [0.15, 0.2) is 5.89 Å². The first-order valence-electron chi connectivity index (χ1n) is 6.36.